The van der Waals surface area contributed by atoms with E-state index in [4.69, 9.17) is 0 Å². The summed E-state index contributed by atoms with van der Waals surface area (Å²) in [5, 5.41) is 0. The van der Waals surface area contributed by atoms with Crippen molar-refractivity contribution < 1.29 is 13.2 Å². The molecule has 0 fully saturated rings. The molecule has 0 aliphatic heterocycles. The van der Waals surface area contributed by atoms with Gasteiger partial charge in [0.25, 0.3) is 5.91 Å². The monoisotopic (exact) mass is 252 g/mol. The summed E-state index contributed by atoms with van der Waals surface area (Å²) in [5.74, 6) is -0.796. The predicted molar refractivity (Wildman–Crippen MR) is 66.2 cm³/mol. The van der Waals surface area contributed by atoms with Crippen LogP contribution < -0.4 is 4.90 Å². The number of anilines is 1. The fourth-order valence-electron chi connectivity index (χ4n) is 1.15. The van der Waals surface area contributed by atoms with Gasteiger partial charge in [-0.3, -0.25) is 4.79 Å². The first kappa shape index (κ1) is 13.1. The molecule has 1 aromatic rings. The van der Waals surface area contributed by atoms with Crippen LogP contribution in [0.5, 0.6) is 0 Å². The molecule has 90 valence electrons. The van der Waals surface area contributed by atoms with Gasteiger partial charge in [-0.1, -0.05) is 16.5 Å². The standard InChI is InChI=1S/C11H12N2O3S/c1-13(2)10-6-3-9(4-7-10)5-8-11(14)12-17(15)16/h3-8H,1-2H3. The second-order valence-electron chi connectivity index (χ2n) is 3.47. The number of benzene rings is 1. The first-order valence-corrected chi connectivity index (χ1v) is 5.83. The van der Waals surface area contributed by atoms with Crippen LogP contribution in [-0.2, 0) is 15.3 Å². The van der Waals surface area contributed by atoms with Crippen molar-refractivity contribution in [3.8, 4) is 0 Å². The average molecular weight is 252 g/mol. The van der Waals surface area contributed by atoms with Crippen LogP contribution in [0, 0.1) is 0 Å². The second-order valence-corrected chi connectivity index (χ2v) is 4.08. The van der Waals surface area contributed by atoms with Crippen molar-refractivity contribution in [1.82, 2.24) is 0 Å². The van der Waals surface area contributed by atoms with Crippen molar-refractivity contribution in [1.29, 1.82) is 0 Å². The van der Waals surface area contributed by atoms with Crippen LogP contribution in [0.15, 0.2) is 34.7 Å². The Balaban J connectivity index is 2.79. The van der Waals surface area contributed by atoms with Crippen LogP contribution in [-0.4, -0.2) is 28.4 Å². The Morgan fingerprint density at radius 1 is 1.24 bits per heavy atom. The smallest absolute Gasteiger partial charge is 0.319 e. The first-order valence-electron chi connectivity index (χ1n) is 4.79. The van der Waals surface area contributed by atoms with Gasteiger partial charge in [-0.15, -0.1) is 0 Å². The van der Waals surface area contributed by atoms with E-state index in [1.54, 1.807) is 0 Å². The number of nitrogens with zero attached hydrogens (tertiary/aromatic N) is 2. The normalized spacial score (nSPS) is 10.2. The average Bonchev–Trinajstić information content (AvgIpc) is 2.26. The highest BCUT2D eigenvalue weighted by atomic mass is 32.2. The Morgan fingerprint density at radius 2 is 1.82 bits per heavy atom. The summed E-state index contributed by atoms with van der Waals surface area (Å²) in [6, 6.07) is 7.45. The first-order chi connectivity index (χ1) is 7.99. The summed E-state index contributed by atoms with van der Waals surface area (Å²) in [6.45, 7) is 0. The molecule has 5 nitrogen and oxygen atoms in total. The van der Waals surface area contributed by atoms with Gasteiger partial charge in [0.2, 0.25) is 0 Å². The Hall–Kier alpha value is -1.95. The number of carbonyl (C=O) groups is 1. The number of rotatable bonds is 3. The minimum absolute atomic E-state index is 0.796. The van der Waals surface area contributed by atoms with E-state index >= 15 is 0 Å². The van der Waals surface area contributed by atoms with E-state index in [2.05, 4.69) is 4.36 Å². The van der Waals surface area contributed by atoms with Gasteiger partial charge in [-0.2, -0.15) is 8.42 Å². The molecule has 0 radical (unpaired) electrons. The molecular weight excluding hydrogens is 240 g/mol. The quantitative estimate of drug-likeness (QED) is 0.762. The fraction of sp³-hybridized carbons (Fsp3) is 0.182. The van der Waals surface area contributed by atoms with E-state index in [9.17, 15) is 13.2 Å². The Kier molecular flexibility index (Phi) is 4.59. The summed E-state index contributed by atoms with van der Waals surface area (Å²) in [6.07, 6.45) is 2.62. The fourth-order valence-corrected chi connectivity index (χ4v) is 1.36. The van der Waals surface area contributed by atoms with Gasteiger partial charge in [0.05, 0.1) is 0 Å². The zero-order valence-electron chi connectivity index (χ0n) is 9.49. The van der Waals surface area contributed by atoms with Gasteiger partial charge < -0.3 is 4.90 Å². The lowest BCUT2D eigenvalue weighted by molar-refractivity contribution is -0.113. The lowest BCUT2D eigenvalue weighted by atomic mass is 10.2. The molecular formula is C11H12N2O3S. The molecule has 0 saturated heterocycles. The summed E-state index contributed by atoms with van der Waals surface area (Å²) in [5.41, 5.74) is 1.84. The molecule has 1 amide bonds. The highest BCUT2D eigenvalue weighted by Crippen LogP contribution is 2.13. The van der Waals surface area contributed by atoms with E-state index in [0.29, 0.717) is 0 Å². The lowest BCUT2D eigenvalue weighted by Gasteiger charge is -2.11. The topological polar surface area (TPSA) is 66.8 Å². The Bertz CT molecular complexity index is 549. The van der Waals surface area contributed by atoms with Gasteiger partial charge in [0.15, 0.2) is 0 Å². The third-order valence-corrected chi connectivity index (χ3v) is 2.32. The van der Waals surface area contributed by atoms with Crippen molar-refractivity contribution in [2.45, 2.75) is 0 Å². The van der Waals surface area contributed by atoms with Gasteiger partial charge in [0, 0.05) is 25.9 Å². The van der Waals surface area contributed by atoms with E-state index in [1.165, 1.54) is 6.08 Å². The van der Waals surface area contributed by atoms with E-state index < -0.39 is 16.4 Å². The van der Waals surface area contributed by atoms with Gasteiger partial charge >= 0.3 is 10.5 Å². The molecule has 0 N–H and O–H groups in total. The van der Waals surface area contributed by atoms with Crippen LogP contribution in [0.3, 0.4) is 0 Å². The number of hydrogen-bond donors (Lipinski definition) is 0. The van der Waals surface area contributed by atoms with Crippen LogP contribution in [0.4, 0.5) is 5.69 Å². The van der Waals surface area contributed by atoms with Crippen LogP contribution in [0.1, 0.15) is 5.56 Å². The third-order valence-electron chi connectivity index (χ3n) is 1.99. The molecule has 6 heteroatoms. The van der Waals surface area contributed by atoms with E-state index in [0.717, 1.165) is 17.3 Å². The molecule has 17 heavy (non-hydrogen) atoms. The maximum absolute atomic E-state index is 10.9. The molecule has 0 heterocycles. The number of hydrogen-bond acceptors (Lipinski definition) is 4. The minimum atomic E-state index is -2.70. The SMILES string of the molecule is CN(C)c1ccc(C=CC(=O)N=S(=O)=O)cc1. The highest BCUT2D eigenvalue weighted by Gasteiger charge is 1.95. The van der Waals surface area contributed by atoms with Gasteiger partial charge in [0.1, 0.15) is 0 Å². The van der Waals surface area contributed by atoms with Crippen LogP contribution >= 0.6 is 0 Å². The van der Waals surface area contributed by atoms with E-state index in [1.807, 2.05) is 43.3 Å². The van der Waals surface area contributed by atoms with Crippen molar-refractivity contribution in [2.75, 3.05) is 19.0 Å². The van der Waals surface area contributed by atoms with Crippen molar-refractivity contribution in [3.05, 3.63) is 35.9 Å². The van der Waals surface area contributed by atoms with Gasteiger partial charge in [-0.25, -0.2) is 0 Å². The largest absolute Gasteiger partial charge is 0.378 e. The number of carbonyl (C=O) groups excluding carboxylic acids is 1. The van der Waals surface area contributed by atoms with Gasteiger partial charge in [-0.05, 0) is 23.8 Å². The molecule has 0 saturated carbocycles. The second kappa shape index (κ2) is 5.95. The summed E-state index contributed by atoms with van der Waals surface area (Å²) in [4.78, 5) is 12.9. The molecule has 0 aromatic heterocycles. The number of amides is 1. The Morgan fingerprint density at radius 3 is 2.29 bits per heavy atom. The van der Waals surface area contributed by atoms with E-state index in [-0.39, 0.29) is 0 Å². The minimum Gasteiger partial charge on any atom is -0.378 e. The zero-order valence-corrected chi connectivity index (χ0v) is 10.3. The molecule has 0 aliphatic carbocycles. The molecule has 1 aromatic carbocycles. The highest BCUT2D eigenvalue weighted by molar-refractivity contribution is 7.62. The summed E-state index contributed by atoms with van der Waals surface area (Å²) < 4.78 is 23.0. The molecule has 1 rings (SSSR count). The van der Waals surface area contributed by atoms with Crippen molar-refractivity contribution >= 4 is 28.2 Å². The molecule has 0 spiro atoms. The maximum Gasteiger partial charge on any atom is 0.319 e. The third kappa shape index (κ3) is 4.60. The van der Waals surface area contributed by atoms with Crippen LogP contribution in [0.25, 0.3) is 6.08 Å². The maximum atomic E-state index is 10.9. The Labute approximate surface area is 101 Å². The van der Waals surface area contributed by atoms with Crippen molar-refractivity contribution in [2.24, 2.45) is 4.36 Å². The molecule has 0 bridgehead atoms. The molecule has 0 atom stereocenters. The lowest BCUT2D eigenvalue weighted by Crippen LogP contribution is -2.07. The van der Waals surface area contributed by atoms with Crippen molar-refractivity contribution in [3.63, 3.8) is 0 Å². The summed E-state index contributed by atoms with van der Waals surface area (Å²) >= 11 is 0. The molecule has 0 aliphatic rings. The summed E-state index contributed by atoms with van der Waals surface area (Å²) in [7, 11) is 1.16. The zero-order chi connectivity index (χ0) is 12.8. The predicted octanol–water partition coefficient (Wildman–Crippen LogP) is 1.36. The van der Waals surface area contributed by atoms with Crippen LogP contribution in [0.2, 0.25) is 0 Å². The molecule has 0 unspecified atom stereocenters.